The molecule has 1 atom stereocenters. The third-order valence-electron chi connectivity index (χ3n) is 4.20. The van der Waals surface area contributed by atoms with Crippen molar-refractivity contribution in [2.24, 2.45) is 10.7 Å². The number of rotatable bonds is 6. The predicted octanol–water partition coefficient (Wildman–Crippen LogP) is 4.61. The molecule has 1 heterocycles. The van der Waals surface area contributed by atoms with E-state index in [1.54, 1.807) is 6.07 Å². The first-order chi connectivity index (χ1) is 13.8. The van der Waals surface area contributed by atoms with Crippen LogP contribution in [0, 0.1) is 6.92 Å². The number of benzene rings is 2. The van der Waals surface area contributed by atoms with Crippen LogP contribution in [0.5, 0.6) is 11.5 Å². The Morgan fingerprint density at radius 2 is 2.00 bits per heavy atom. The zero-order valence-electron chi connectivity index (χ0n) is 16.2. The van der Waals surface area contributed by atoms with Crippen LogP contribution >= 0.6 is 24.0 Å². The van der Waals surface area contributed by atoms with Crippen molar-refractivity contribution in [3.8, 4) is 11.5 Å². The molecule has 0 spiro atoms. The van der Waals surface area contributed by atoms with Gasteiger partial charge in [0.25, 0.3) is 0 Å². The fourth-order valence-electron chi connectivity index (χ4n) is 2.82. The minimum atomic E-state index is -4.80. The van der Waals surface area contributed by atoms with Gasteiger partial charge in [0, 0.05) is 12.0 Å². The SMILES string of the molecule is Cc1ccc(CN=C(N)Nc2ccccc2OC(F)(F)F)c(OC2CCOC2)c1.I. The van der Waals surface area contributed by atoms with Crippen LogP contribution in [0.25, 0.3) is 0 Å². The second kappa shape index (κ2) is 10.7. The number of aliphatic imine (C=N–C) groups is 1. The summed E-state index contributed by atoms with van der Waals surface area (Å²) in [6, 6.07) is 11.3. The summed E-state index contributed by atoms with van der Waals surface area (Å²) < 4.78 is 53.0. The maximum Gasteiger partial charge on any atom is 0.573 e. The summed E-state index contributed by atoms with van der Waals surface area (Å²) in [7, 11) is 0. The van der Waals surface area contributed by atoms with Gasteiger partial charge in [-0.15, -0.1) is 37.1 Å². The highest BCUT2D eigenvalue weighted by Gasteiger charge is 2.32. The number of ether oxygens (including phenoxy) is 3. The van der Waals surface area contributed by atoms with Crippen LogP contribution in [0.2, 0.25) is 0 Å². The molecule has 2 aromatic rings. The maximum atomic E-state index is 12.5. The van der Waals surface area contributed by atoms with Crippen molar-refractivity contribution in [3.63, 3.8) is 0 Å². The Kier molecular flexibility index (Phi) is 8.59. The lowest BCUT2D eigenvalue weighted by atomic mass is 10.1. The van der Waals surface area contributed by atoms with Crippen molar-refractivity contribution in [2.75, 3.05) is 18.5 Å². The van der Waals surface area contributed by atoms with Gasteiger partial charge in [-0.2, -0.15) is 0 Å². The number of hydrogen-bond donors (Lipinski definition) is 2. The van der Waals surface area contributed by atoms with E-state index < -0.39 is 12.1 Å². The molecule has 0 bridgehead atoms. The minimum absolute atomic E-state index is 0. The van der Waals surface area contributed by atoms with Crippen LogP contribution in [0.3, 0.4) is 0 Å². The highest BCUT2D eigenvalue weighted by atomic mass is 127. The molecule has 0 aliphatic carbocycles. The summed E-state index contributed by atoms with van der Waals surface area (Å²) in [5.74, 6) is 0.260. The number of aryl methyl sites for hydroxylation is 1. The smallest absolute Gasteiger partial charge is 0.488 e. The molecule has 2 aromatic carbocycles. The van der Waals surface area contributed by atoms with E-state index in [1.807, 2.05) is 25.1 Å². The van der Waals surface area contributed by atoms with Gasteiger partial charge in [0.05, 0.1) is 25.4 Å². The predicted molar refractivity (Wildman–Crippen MR) is 119 cm³/mol. The van der Waals surface area contributed by atoms with Crippen molar-refractivity contribution in [1.82, 2.24) is 0 Å². The van der Waals surface area contributed by atoms with Gasteiger partial charge in [-0.05, 0) is 30.7 Å². The van der Waals surface area contributed by atoms with Gasteiger partial charge < -0.3 is 25.3 Å². The van der Waals surface area contributed by atoms with Crippen molar-refractivity contribution in [1.29, 1.82) is 0 Å². The molecule has 0 aromatic heterocycles. The Labute approximate surface area is 189 Å². The van der Waals surface area contributed by atoms with E-state index >= 15 is 0 Å². The number of nitrogens with zero attached hydrogens (tertiary/aromatic N) is 1. The van der Waals surface area contributed by atoms with Crippen LogP contribution < -0.4 is 20.5 Å². The molecule has 0 radical (unpaired) electrons. The molecule has 0 amide bonds. The average Bonchev–Trinajstić information content (AvgIpc) is 3.14. The van der Waals surface area contributed by atoms with Gasteiger partial charge in [0.2, 0.25) is 0 Å². The lowest BCUT2D eigenvalue weighted by Gasteiger charge is -2.16. The number of alkyl halides is 3. The lowest BCUT2D eigenvalue weighted by Crippen LogP contribution is -2.24. The van der Waals surface area contributed by atoms with Crippen LogP contribution in [-0.2, 0) is 11.3 Å². The lowest BCUT2D eigenvalue weighted by molar-refractivity contribution is -0.274. The number of nitrogens with one attached hydrogen (secondary N) is 1. The monoisotopic (exact) mass is 537 g/mol. The average molecular weight is 537 g/mol. The third kappa shape index (κ3) is 7.24. The van der Waals surface area contributed by atoms with E-state index in [-0.39, 0.29) is 48.3 Å². The fraction of sp³-hybridized carbons (Fsp3) is 0.350. The molecule has 10 heteroatoms. The minimum Gasteiger partial charge on any atom is -0.488 e. The molecule has 0 saturated carbocycles. The number of anilines is 1. The molecule has 1 unspecified atom stereocenters. The van der Waals surface area contributed by atoms with Gasteiger partial charge in [-0.3, -0.25) is 0 Å². The first-order valence-electron chi connectivity index (χ1n) is 9.06. The zero-order chi connectivity index (χ0) is 20.9. The van der Waals surface area contributed by atoms with E-state index in [0.717, 1.165) is 17.5 Å². The van der Waals surface area contributed by atoms with E-state index in [9.17, 15) is 13.2 Å². The molecular weight excluding hydrogens is 514 g/mol. The Hall–Kier alpha value is -2.21. The first kappa shape index (κ1) is 24.1. The van der Waals surface area contributed by atoms with Gasteiger partial charge in [0.1, 0.15) is 11.9 Å². The quantitative estimate of drug-likeness (QED) is 0.320. The van der Waals surface area contributed by atoms with Gasteiger partial charge in [-0.1, -0.05) is 24.3 Å². The number of hydrogen-bond acceptors (Lipinski definition) is 4. The fourth-order valence-corrected chi connectivity index (χ4v) is 2.82. The van der Waals surface area contributed by atoms with Crippen molar-refractivity contribution in [2.45, 2.75) is 32.4 Å². The molecule has 3 N–H and O–H groups in total. The van der Waals surface area contributed by atoms with Gasteiger partial charge in [0.15, 0.2) is 11.7 Å². The maximum absolute atomic E-state index is 12.5. The number of halogens is 4. The zero-order valence-corrected chi connectivity index (χ0v) is 18.6. The molecule has 3 rings (SSSR count). The van der Waals surface area contributed by atoms with Crippen LogP contribution in [0.15, 0.2) is 47.5 Å². The largest absolute Gasteiger partial charge is 0.573 e. The Bertz CT molecular complexity index is 872. The Morgan fingerprint density at radius 3 is 2.70 bits per heavy atom. The first-order valence-corrected chi connectivity index (χ1v) is 9.06. The van der Waals surface area contributed by atoms with Crippen LogP contribution in [-0.4, -0.2) is 31.6 Å². The summed E-state index contributed by atoms with van der Waals surface area (Å²) in [6.45, 7) is 3.36. The van der Waals surface area contributed by atoms with E-state index in [4.69, 9.17) is 15.2 Å². The molecule has 1 fully saturated rings. The summed E-state index contributed by atoms with van der Waals surface area (Å²) in [5.41, 5.74) is 7.79. The summed E-state index contributed by atoms with van der Waals surface area (Å²) in [5, 5.41) is 2.65. The molecule has 6 nitrogen and oxygen atoms in total. The van der Waals surface area contributed by atoms with E-state index in [0.29, 0.717) is 19.0 Å². The Morgan fingerprint density at radius 1 is 1.23 bits per heavy atom. The van der Waals surface area contributed by atoms with Gasteiger partial charge in [-0.25, -0.2) is 4.99 Å². The number of guanidine groups is 1. The second-order valence-electron chi connectivity index (χ2n) is 6.59. The molecule has 164 valence electrons. The van der Waals surface area contributed by atoms with Crippen molar-refractivity contribution >= 4 is 35.6 Å². The number of para-hydroxylation sites is 2. The number of nitrogens with two attached hydrogens (primary N) is 1. The normalized spacial score (nSPS) is 16.7. The second-order valence-corrected chi connectivity index (χ2v) is 6.59. The van der Waals surface area contributed by atoms with Crippen LogP contribution in [0.4, 0.5) is 18.9 Å². The summed E-state index contributed by atoms with van der Waals surface area (Å²) in [4.78, 5) is 4.23. The topological polar surface area (TPSA) is 78.1 Å². The van der Waals surface area contributed by atoms with Crippen molar-refractivity contribution in [3.05, 3.63) is 53.6 Å². The highest BCUT2D eigenvalue weighted by Crippen LogP contribution is 2.30. The van der Waals surface area contributed by atoms with E-state index in [2.05, 4.69) is 15.0 Å². The highest BCUT2D eigenvalue weighted by molar-refractivity contribution is 14.0. The molecule has 30 heavy (non-hydrogen) atoms. The molecule has 1 saturated heterocycles. The standard InChI is InChI=1S/C20H22F3N3O3.HI/c1-13-6-7-14(18(10-13)28-15-8-9-27-12-15)11-25-19(24)26-16-4-2-3-5-17(16)29-20(21,22)23;/h2-7,10,15H,8-9,11-12H2,1H3,(H3,24,25,26);1H. The summed E-state index contributed by atoms with van der Waals surface area (Å²) >= 11 is 0. The van der Waals surface area contributed by atoms with Gasteiger partial charge >= 0.3 is 6.36 Å². The summed E-state index contributed by atoms with van der Waals surface area (Å²) in [6.07, 6.45) is -4.00. The van der Waals surface area contributed by atoms with Crippen molar-refractivity contribution < 1.29 is 27.4 Å². The molecular formula is C20H23F3IN3O3. The third-order valence-corrected chi connectivity index (χ3v) is 4.20. The Balaban J connectivity index is 0.00000320. The molecule has 1 aliphatic rings. The van der Waals surface area contributed by atoms with Crippen LogP contribution in [0.1, 0.15) is 17.5 Å². The van der Waals surface area contributed by atoms with E-state index in [1.165, 1.54) is 18.2 Å². The molecule has 1 aliphatic heterocycles.